The van der Waals surface area contributed by atoms with Crippen molar-refractivity contribution in [2.24, 2.45) is 11.8 Å². The summed E-state index contributed by atoms with van der Waals surface area (Å²) in [5.41, 5.74) is -0.776. The van der Waals surface area contributed by atoms with E-state index in [1.165, 1.54) is 18.3 Å². The van der Waals surface area contributed by atoms with Crippen molar-refractivity contribution in [2.75, 3.05) is 35.2 Å². The van der Waals surface area contributed by atoms with Crippen LogP contribution in [0.5, 0.6) is 0 Å². The molecular weight excluding hydrogens is 504 g/mol. The zero-order valence-corrected chi connectivity index (χ0v) is 24.3. The van der Waals surface area contributed by atoms with Crippen LogP contribution in [0.1, 0.15) is 71.8 Å². The van der Waals surface area contributed by atoms with Gasteiger partial charge in [0, 0.05) is 24.3 Å². The van der Waals surface area contributed by atoms with E-state index in [1.807, 2.05) is 13.8 Å². The van der Waals surface area contributed by atoms with Gasteiger partial charge in [-0.05, 0) is 77.5 Å². The molecule has 1 aromatic carbocycles. The molecule has 11 heteroatoms. The minimum atomic E-state index is -3.77. The normalized spacial score (nSPS) is 15.6. The number of carbonyl (C=O) groups excluding carboxylic acids is 1. The van der Waals surface area contributed by atoms with Crippen molar-refractivity contribution in [3.8, 4) is 0 Å². The molecule has 0 radical (unpaired) electrons. The van der Waals surface area contributed by atoms with Crippen LogP contribution < -0.4 is 20.3 Å². The standard InChI is InChI=1S/C27H42N6O4S/c1-18(2)19-11-13-33(14-12-19)24-23(28-16-22(30-24)31-27(6,7)17-34)25(35)29-20-9-8-10-21(15-20)38(36,37)32-26(3,4)5/h8-10,15-16,18-19,32,34H,11-14,17H2,1-7H3,(H,29,35)(H,30,31). The SMILES string of the molecule is CC(C)C1CCN(c2nc(NC(C)(C)CO)cnc2C(=O)Nc2cccc(S(=O)(=O)NC(C)(C)C)c2)CC1. The lowest BCUT2D eigenvalue weighted by atomic mass is 9.87. The fourth-order valence-electron chi connectivity index (χ4n) is 4.38. The van der Waals surface area contributed by atoms with E-state index in [2.05, 4.69) is 39.1 Å². The number of hydrogen-bond acceptors (Lipinski definition) is 8. The molecule has 1 aromatic heterocycles. The van der Waals surface area contributed by atoms with Crippen LogP contribution in [0.2, 0.25) is 0 Å². The van der Waals surface area contributed by atoms with E-state index < -0.39 is 27.0 Å². The average molecular weight is 547 g/mol. The van der Waals surface area contributed by atoms with E-state index in [1.54, 1.807) is 32.9 Å². The number of nitrogens with zero attached hydrogens (tertiary/aromatic N) is 3. The van der Waals surface area contributed by atoms with Crippen LogP contribution in [-0.2, 0) is 10.0 Å². The van der Waals surface area contributed by atoms with Crippen LogP contribution in [0, 0.1) is 11.8 Å². The molecule has 0 spiro atoms. The Morgan fingerprint density at radius 2 is 1.82 bits per heavy atom. The second-order valence-electron chi connectivity index (χ2n) is 12.0. The van der Waals surface area contributed by atoms with Crippen LogP contribution in [0.4, 0.5) is 17.3 Å². The Bertz CT molecular complexity index is 1230. The topological polar surface area (TPSA) is 137 Å². The highest BCUT2D eigenvalue weighted by Crippen LogP contribution is 2.30. The molecule has 4 N–H and O–H groups in total. The Labute approximate surface area is 226 Å². The molecule has 38 heavy (non-hydrogen) atoms. The highest BCUT2D eigenvalue weighted by atomic mass is 32.2. The second-order valence-corrected chi connectivity index (χ2v) is 13.7. The molecular formula is C27H42N6O4S. The van der Waals surface area contributed by atoms with Gasteiger partial charge in [0.25, 0.3) is 5.91 Å². The molecule has 0 bridgehead atoms. The Morgan fingerprint density at radius 3 is 2.39 bits per heavy atom. The molecule has 1 amide bonds. The van der Waals surface area contributed by atoms with Gasteiger partial charge in [0.05, 0.1) is 23.2 Å². The van der Waals surface area contributed by atoms with Gasteiger partial charge in [0.1, 0.15) is 5.82 Å². The molecule has 0 aliphatic carbocycles. The lowest BCUT2D eigenvalue weighted by Gasteiger charge is -2.35. The molecule has 1 saturated heterocycles. The Morgan fingerprint density at radius 1 is 1.16 bits per heavy atom. The number of aliphatic hydroxyl groups is 1. The number of amides is 1. The first-order valence-electron chi connectivity index (χ1n) is 13.1. The van der Waals surface area contributed by atoms with E-state index in [9.17, 15) is 18.3 Å². The van der Waals surface area contributed by atoms with Gasteiger partial charge >= 0.3 is 0 Å². The number of hydrogen-bond donors (Lipinski definition) is 4. The molecule has 1 aliphatic heterocycles. The number of carbonyl (C=O) groups is 1. The molecule has 210 valence electrons. The molecule has 1 aliphatic rings. The molecule has 1 fully saturated rings. The first kappa shape index (κ1) is 29.8. The van der Waals surface area contributed by atoms with Gasteiger partial charge in [0.15, 0.2) is 11.5 Å². The van der Waals surface area contributed by atoms with E-state index in [4.69, 9.17) is 4.98 Å². The predicted molar refractivity (Wildman–Crippen MR) is 151 cm³/mol. The van der Waals surface area contributed by atoms with Gasteiger partial charge in [-0.3, -0.25) is 4.79 Å². The molecule has 0 saturated carbocycles. The van der Waals surface area contributed by atoms with Gasteiger partial charge in [-0.15, -0.1) is 0 Å². The van der Waals surface area contributed by atoms with Crippen molar-refractivity contribution in [3.63, 3.8) is 0 Å². The highest BCUT2D eigenvalue weighted by molar-refractivity contribution is 7.89. The molecule has 2 aromatic rings. The zero-order valence-electron chi connectivity index (χ0n) is 23.5. The van der Waals surface area contributed by atoms with Gasteiger partial charge in [-0.2, -0.15) is 0 Å². The van der Waals surface area contributed by atoms with Crippen LogP contribution in [-0.4, -0.2) is 60.2 Å². The average Bonchev–Trinajstić information content (AvgIpc) is 2.82. The largest absolute Gasteiger partial charge is 0.394 e. The number of rotatable bonds is 9. The number of sulfonamides is 1. The lowest BCUT2D eigenvalue weighted by molar-refractivity contribution is 0.102. The van der Waals surface area contributed by atoms with Gasteiger partial charge in [-0.25, -0.2) is 23.1 Å². The number of aromatic nitrogens is 2. The monoisotopic (exact) mass is 546 g/mol. The fraction of sp³-hybridized carbons (Fsp3) is 0.593. The number of aliphatic hydroxyl groups excluding tert-OH is 1. The summed E-state index contributed by atoms with van der Waals surface area (Å²) in [4.78, 5) is 24.7. The fourth-order valence-corrected chi connectivity index (χ4v) is 5.84. The van der Waals surface area contributed by atoms with E-state index in [0.29, 0.717) is 29.2 Å². The summed E-state index contributed by atoms with van der Waals surface area (Å²) in [5, 5.41) is 15.6. The summed E-state index contributed by atoms with van der Waals surface area (Å²) >= 11 is 0. The minimum absolute atomic E-state index is 0.0538. The molecule has 0 atom stereocenters. The lowest BCUT2D eigenvalue weighted by Crippen LogP contribution is -2.40. The quantitative estimate of drug-likeness (QED) is 0.372. The van der Waals surface area contributed by atoms with Gasteiger partial charge in [0.2, 0.25) is 10.0 Å². The summed E-state index contributed by atoms with van der Waals surface area (Å²) in [6, 6.07) is 6.12. The summed E-state index contributed by atoms with van der Waals surface area (Å²) in [6.07, 6.45) is 3.45. The van der Waals surface area contributed by atoms with Crippen LogP contribution in [0.25, 0.3) is 0 Å². The maximum atomic E-state index is 13.4. The minimum Gasteiger partial charge on any atom is -0.394 e. The Hall–Kier alpha value is -2.76. The summed E-state index contributed by atoms with van der Waals surface area (Å²) in [7, 11) is -3.77. The third-order valence-electron chi connectivity index (χ3n) is 6.46. The number of nitrogens with one attached hydrogen (secondary N) is 3. The summed E-state index contributed by atoms with van der Waals surface area (Å²) in [5.74, 6) is 1.63. The summed E-state index contributed by atoms with van der Waals surface area (Å²) < 4.78 is 28.2. The highest BCUT2D eigenvalue weighted by Gasteiger charge is 2.28. The first-order chi connectivity index (χ1) is 17.6. The third kappa shape index (κ3) is 7.87. The number of anilines is 3. The Balaban J connectivity index is 1.90. The second kappa shape index (κ2) is 11.5. The van der Waals surface area contributed by atoms with Crippen LogP contribution in [0.3, 0.4) is 0 Å². The predicted octanol–water partition coefficient (Wildman–Crippen LogP) is 3.86. The van der Waals surface area contributed by atoms with Gasteiger partial charge in [-0.1, -0.05) is 19.9 Å². The summed E-state index contributed by atoms with van der Waals surface area (Å²) in [6.45, 7) is 14.8. The Kier molecular flexibility index (Phi) is 9.05. The van der Waals surface area contributed by atoms with Crippen molar-refractivity contribution >= 4 is 33.3 Å². The van der Waals surface area contributed by atoms with E-state index >= 15 is 0 Å². The maximum absolute atomic E-state index is 13.4. The van der Waals surface area contributed by atoms with Crippen molar-refractivity contribution < 1.29 is 18.3 Å². The smallest absolute Gasteiger partial charge is 0.278 e. The van der Waals surface area contributed by atoms with Gasteiger partial charge < -0.3 is 20.6 Å². The molecule has 10 nitrogen and oxygen atoms in total. The maximum Gasteiger partial charge on any atom is 0.278 e. The van der Waals surface area contributed by atoms with Crippen LogP contribution >= 0.6 is 0 Å². The first-order valence-corrected chi connectivity index (χ1v) is 14.5. The van der Waals surface area contributed by atoms with Crippen LogP contribution in [0.15, 0.2) is 35.4 Å². The van der Waals surface area contributed by atoms with Crippen molar-refractivity contribution in [3.05, 3.63) is 36.2 Å². The third-order valence-corrected chi connectivity index (χ3v) is 8.21. The van der Waals surface area contributed by atoms with Crippen molar-refractivity contribution in [1.29, 1.82) is 0 Å². The van der Waals surface area contributed by atoms with Crippen molar-refractivity contribution in [1.82, 2.24) is 14.7 Å². The van der Waals surface area contributed by atoms with E-state index in [-0.39, 0.29) is 17.2 Å². The number of benzene rings is 1. The van der Waals surface area contributed by atoms with E-state index in [0.717, 1.165) is 25.9 Å². The van der Waals surface area contributed by atoms with Crippen molar-refractivity contribution in [2.45, 2.75) is 77.3 Å². The molecule has 3 rings (SSSR count). The molecule has 2 heterocycles. The number of piperidine rings is 1. The molecule has 0 unspecified atom stereocenters. The zero-order chi connectivity index (χ0) is 28.3.